The molecule has 0 bridgehead atoms. The van der Waals surface area contributed by atoms with Crippen molar-refractivity contribution in [3.05, 3.63) is 34.9 Å². The Hall–Kier alpha value is -1.35. The zero-order valence-electron chi connectivity index (χ0n) is 12.1. The molecular weight excluding hydrogens is 224 g/mol. The number of rotatable bonds is 4. The molecule has 0 spiro atoms. The maximum atomic E-state index is 12.3. The van der Waals surface area contributed by atoms with Crippen LogP contribution in [-0.4, -0.2) is 30.9 Å². The first-order valence-corrected chi connectivity index (χ1v) is 6.29. The minimum absolute atomic E-state index is 0.0514. The topological polar surface area (TPSA) is 46.3 Å². The van der Waals surface area contributed by atoms with Crippen LogP contribution in [0.1, 0.15) is 35.3 Å². The average Bonchev–Trinajstić information content (AvgIpc) is 2.31. The second-order valence-corrected chi connectivity index (χ2v) is 5.83. The maximum Gasteiger partial charge on any atom is 0.253 e. The lowest BCUT2D eigenvalue weighted by molar-refractivity contribution is 0.0740. The van der Waals surface area contributed by atoms with Crippen molar-refractivity contribution in [2.24, 2.45) is 11.1 Å². The monoisotopic (exact) mass is 248 g/mol. The third kappa shape index (κ3) is 3.57. The summed E-state index contributed by atoms with van der Waals surface area (Å²) in [6.45, 7) is 9.43. The molecule has 100 valence electrons. The van der Waals surface area contributed by atoms with E-state index in [0.717, 1.165) is 11.1 Å². The van der Waals surface area contributed by atoms with Gasteiger partial charge in [-0.1, -0.05) is 19.9 Å². The first-order chi connectivity index (χ1) is 8.26. The number of amides is 1. The SMILES string of the molecule is Cc1ccc(C(=O)N(C)CC(C)(C)CN)cc1C. The fraction of sp³-hybridized carbons (Fsp3) is 0.533. The molecule has 0 aliphatic carbocycles. The molecule has 3 heteroatoms. The van der Waals surface area contributed by atoms with Gasteiger partial charge in [0.1, 0.15) is 0 Å². The smallest absolute Gasteiger partial charge is 0.253 e. The lowest BCUT2D eigenvalue weighted by Gasteiger charge is -2.29. The highest BCUT2D eigenvalue weighted by molar-refractivity contribution is 5.94. The first-order valence-electron chi connectivity index (χ1n) is 6.29. The van der Waals surface area contributed by atoms with Crippen LogP contribution in [0.15, 0.2) is 18.2 Å². The lowest BCUT2D eigenvalue weighted by atomic mass is 9.93. The van der Waals surface area contributed by atoms with Gasteiger partial charge in [0, 0.05) is 19.2 Å². The Morgan fingerprint density at radius 2 is 1.89 bits per heavy atom. The Morgan fingerprint density at radius 1 is 1.28 bits per heavy atom. The number of aryl methyl sites for hydroxylation is 2. The predicted molar refractivity (Wildman–Crippen MR) is 75.7 cm³/mol. The zero-order valence-corrected chi connectivity index (χ0v) is 12.1. The van der Waals surface area contributed by atoms with Gasteiger partial charge in [-0.3, -0.25) is 4.79 Å². The third-order valence-corrected chi connectivity index (χ3v) is 3.32. The number of carbonyl (C=O) groups excluding carboxylic acids is 1. The Labute approximate surface area is 110 Å². The van der Waals surface area contributed by atoms with Crippen molar-refractivity contribution in [1.82, 2.24) is 4.90 Å². The van der Waals surface area contributed by atoms with Crippen LogP contribution in [0.25, 0.3) is 0 Å². The van der Waals surface area contributed by atoms with Gasteiger partial charge in [0.2, 0.25) is 0 Å². The van der Waals surface area contributed by atoms with E-state index >= 15 is 0 Å². The van der Waals surface area contributed by atoms with Crippen LogP contribution in [0.4, 0.5) is 0 Å². The van der Waals surface area contributed by atoms with Crippen LogP contribution in [-0.2, 0) is 0 Å². The largest absolute Gasteiger partial charge is 0.341 e. The van der Waals surface area contributed by atoms with Crippen molar-refractivity contribution in [3.63, 3.8) is 0 Å². The summed E-state index contributed by atoms with van der Waals surface area (Å²) in [5.74, 6) is 0.0552. The molecule has 0 aliphatic heterocycles. The van der Waals surface area contributed by atoms with E-state index in [1.54, 1.807) is 4.90 Å². The molecule has 1 amide bonds. The number of benzene rings is 1. The van der Waals surface area contributed by atoms with Gasteiger partial charge in [0.05, 0.1) is 0 Å². The molecule has 0 aliphatic rings. The van der Waals surface area contributed by atoms with Crippen molar-refractivity contribution >= 4 is 5.91 Å². The molecule has 1 aromatic carbocycles. The highest BCUT2D eigenvalue weighted by atomic mass is 16.2. The highest BCUT2D eigenvalue weighted by Gasteiger charge is 2.21. The van der Waals surface area contributed by atoms with Gasteiger partial charge >= 0.3 is 0 Å². The molecule has 0 radical (unpaired) electrons. The van der Waals surface area contributed by atoms with Crippen molar-refractivity contribution in [3.8, 4) is 0 Å². The quantitative estimate of drug-likeness (QED) is 0.889. The molecule has 1 rings (SSSR count). The van der Waals surface area contributed by atoms with E-state index in [9.17, 15) is 4.79 Å². The fourth-order valence-corrected chi connectivity index (χ4v) is 1.87. The van der Waals surface area contributed by atoms with Gasteiger partial charge in [0.15, 0.2) is 0 Å². The van der Waals surface area contributed by atoms with Crippen molar-refractivity contribution in [2.75, 3.05) is 20.1 Å². The van der Waals surface area contributed by atoms with Gasteiger partial charge < -0.3 is 10.6 Å². The van der Waals surface area contributed by atoms with Crippen LogP contribution in [0.5, 0.6) is 0 Å². The summed E-state index contributed by atoms with van der Waals surface area (Å²) < 4.78 is 0. The number of hydrogen-bond donors (Lipinski definition) is 1. The van der Waals surface area contributed by atoms with Crippen LogP contribution >= 0.6 is 0 Å². The van der Waals surface area contributed by atoms with E-state index in [1.807, 2.05) is 39.1 Å². The molecule has 1 aromatic rings. The average molecular weight is 248 g/mol. The summed E-state index contributed by atoms with van der Waals surface area (Å²) in [5.41, 5.74) is 8.74. The van der Waals surface area contributed by atoms with Crippen LogP contribution in [0.3, 0.4) is 0 Å². The minimum atomic E-state index is -0.0514. The van der Waals surface area contributed by atoms with Crippen molar-refractivity contribution in [2.45, 2.75) is 27.7 Å². The van der Waals surface area contributed by atoms with Gasteiger partial charge in [-0.05, 0) is 49.1 Å². The summed E-state index contributed by atoms with van der Waals surface area (Å²) in [5, 5.41) is 0. The molecule has 18 heavy (non-hydrogen) atoms. The summed E-state index contributed by atoms with van der Waals surface area (Å²) in [7, 11) is 1.83. The number of carbonyl (C=O) groups is 1. The van der Waals surface area contributed by atoms with Gasteiger partial charge in [-0.15, -0.1) is 0 Å². The highest BCUT2D eigenvalue weighted by Crippen LogP contribution is 2.17. The standard InChI is InChI=1S/C15H24N2O/c1-11-6-7-13(8-12(11)2)14(18)17(5)10-15(3,4)9-16/h6-8H,9-10,16H2,1-5H3. The molecule has 0 unspecified atom stereocenters. The van der Waals surface area contributed by atoms with Crippen LogP contribution in [0, 0.1) is 19.3 Å². The number of nitrogens with zero attached hydrogens (tertiary/aromatic N) is 1. The Bertz CT molecular complexity index is 438. The predicted octanol–water partition coefficient (Wildman–Crippen LogP) is 2.36. The van der Waals surface area contributed by atoms with Crippen molar-refractivity contribution < 1.29 is 4.79 Å². The first kappa shape index (κ1) is 14.7. The summed E-state index contributed by atoms with van der Waals surface area (Å²) >= 11 is 0. The van der Waals surface area contributed by atoms with Gasteiger partial charge in [0.25, 0.3) is 5.91 Å². The minimum Gasteiger partial charge on any atom is -0.341 e. The molecule has 0 fully saturated rings. The summed E-state index contributed by atoms with van der Waals surface area (Å²) in [6, 6.07) is 5.82. The van der Waals surface area contributed by atoms with E-state index in [4.69, 9.17) is 5.73 Å². The van der Waals surface area contributed by atoms with Crippen LogP contribution in [0.2, 0.25) is 0 Å². The third-order valence-electron chi connectivity index (χ3n) is 3.32. The Kier molecular flexibility index (Phi) is 4.52. The van der Waals surface area contributed by atoms with Gasteiger partial charge in [-0.25, -0.2) is 0 Å². The number of hydrogen-bond acceptors (Lipinski definition) is 2. The molecular formula is C15H24N2O. The molecule has 0 saturated heterocycles. The molecule has 2 N–H and O–H groups in total. The Balaban J connectivity index is 2.83. The molecule has 0 aromatic heterocycles. The zero-order chi connectivity index (χ0) is 13.9. The summed E-state index contributed by atoms with van der Waals surface area (Å²) in [6.07, 6.45) is 0. The molecule has 3 nitrogen and oxygen atoms in total. The van der Waals surface area contributed by atoms with Gasteiger partial charge in [-0.2, -0.15) is 0 Å². The van der Waals surface area contributed by atoms with E-state index in [-0.39, 0.29) is 11.3 Å². The molecule has 0 heterocycles. The summed E-state index contributed by atoms with van der Waals surface area (Å²) in [4.78, 5) is 14.0. The molecule has 0 saturated carbocycles. The van der Waals surface area contributed by atoms with E-state index in [0.29, 0.717) is 13.1 Å². The second kappa shape index (κ2) is 5.53. The maximum absolute atomic E-state index is 12.3. The van der Waals surface area contributed by atoms with E-state index in [2.05, 4.69) is 13.8 Å². The lowest BCUT2D eigenvalue weighted by Crippen LogP contribution is -2.39. The fourth-order valence-electron chi connectivity index (χ4n) is 1.87. The second-order valence-electron chi connectivity index (χ2n) is 5.83. The molecule has 0 atom stereocenters. The normalized spacial score (nSPS) is 11.4. The number of nitrogens with two attached hydrogens (primary N) is 1. The van der Waals surface area contributed by atoms with E-state index < -0.39 is 0 Å². The Morgan fingerprint density at radius 3 is 2.39 bits per heavy atom. The van der Waals surface area contributed by atoms with Crippen LogP contribution < -0.4 is 5.73 Å². The van der Waals surface area contributed by atoms with Crippen molar-refractivity contribution in [1.29, 1.82) is 0 Å². The van der Waals surface area contributed by atoms with E-state index in [1.165, 1.54) is 5.56 Å².